The minimum atomic E-state index is -3.19. The van der Waals surface area contributed by atoms with E-state index in [2.05, 4.69) is 0 Å². The molecular formula is C18H23NO5S. The van der Waals surface area contributed by atoms with E-state index in [1.165, 1.54) is 0 Å². The van der Waals surface area contributed by atoms with Crippen molar-refractivity contribution < 1.29 is 22.7 Å². The van der Waals surface area contributed by atoms with Gasteiger partial charge in [0, 0.05) is 32.0 Å². The summed E-state index contributed by atoms with van der Waals surface area (Å²) >= 11 is 0. The van der Waals surface area contributed by atoms with Crippen LogP contribution in [0.3, 0.4) is 0 Å². The summed E-state index contributed by atoms with van der Waals surface area (Å²) in [6.07, 6.45) is 0.632. The number of carbonyl (C=O) groups excluding carboxylic acids is 1. The third kappa shape index (κ3) is 2.56. The number of rotatable bonds is 4. The van der Waals surface area contributed by atoms with E-state index in [9.17, 15) is 13.2 Å². The third-order valence-corrected chi connectivity index (χ3v) is 8.38. The molecule has 3 heterocycles. The summed E-state index contributed by atoms with van der Waals surface area (Å²) in [5, 5.41) is 0. The van der Waals surface area contributed by atoms with Crippen LogP contribution in [0.15, 0.2) is 24.3 Å². The van der Waals surface area contributed by atoms with Gasteiger partial charge in [-0.25, -0.2) is 8.42 Å². The maximum Gasteiger partial charge on any atom is 0.264 e. The molecule has 2 fully saturated rings. The van der Waals surface area contributed by atoms with Crippen LogP contribution >= 0.6 is 0 Å². The Bertz CT molecular complexity index is 759. The van der Waals surface area contributed by atoms with Gasteiger partial charge in [0.1, 0.15) is 10.5 Å². The first-order valence-electron chi connectivity index (χ1n) is 8.80. The van der Waals surface area contributed by atoms with E-state index in [0.29, 0.717) is 26.1 Å². The fraction of sp³-hybridized carbons (Fsp3) is 0.611. The summed E-state index contributed by atoms with van der Waals surface area (Å²) < 4.78 is 35.6. The van der Waals surface area contributed by atoms with Gasteiger partial charge in [-0.1, -0.05) is 18.2 Å². The highest BCUT2D eigenvalue weighted by molar-refractivity contribution is 7.93. The van der Waals surface area contributed by atoms with E-state index in [1.54, 1.807) is 4.90 Å². The van der Waals surface area contributed by atoms with Crippen LogP contribution in [0.25, 0.3) is 0 Å². The van der Waals surface area contributed by atoms with Crippen LogP contribution < -0.4 is 4.74 Å². The van der Waals surface area contributed by atoms with Crippen LogP contribution in [0.2, 0.25) is 0 Å². The van der Waals surface area contributed by atoms with Crippen LogP contribution in [0, 0.1) is 5.92 Å². The molecule has 1 amide bonds. The number of hydrogen-bond donors (Lipinski definition) is 0. The van der Waals surface area contributed by atoms with Crippen molar-refractivity contribution in [1.82, 2.24) is 4.90 Å². The number of hydrogen-bond acceptors (Lipinski definition) is 5. The number of ether oxygens (including phenoxy) is 2. The standard InChI is InChI=1S/C18H23NO5S/c1-2-23-10-14-7-8-25(21,22)18(14)11-19(12-18)17(20)16-9-13-5-3-4-6-15(13)24-16/h3-6,14,16H,2,7-12H2,1H3/t14-,16+/m0/s1. The number of para-hydroxylation sites is 1. The molecule has 0 aliphatic carbocycles. The molecule has 3 aliphatic heterocycles. The Balaban J connectivity index is 1.45. The highest BCUT2D eigenvalue weighted by Gasteiger charge is 2.63. The molecule has 6 nitrogen and oxygen atoms in total. The lowest BCUT2D eigenvalue weighted by Crippen LogP contribution is -2.70. The zero-order valence-corrected chi connectivity index (χ0v) is 15.1. The van der Waals surface area contributed by atoms with Crippen LogP contribution in [-0.4, -0.2) is 62.1 Å². The smallest absolute Gasteiger partial charge is 0.264 e. The summed E-state index contributed by atoms with van der Waals surface area (Å²) in [7, 11) is -3.19. The van der Waals surface area contributed by atoms with Crippen molar-refractivity contribution in [2.45, 2.75) is 30.6 Å². The molecular weight excluding hydrogens is 342 g/mol. The van der Waals surface area contributed by atoms with Crippen molar-refractivity contribution in [3.63, 3.8) is 0 Å². The second kappa shape index (κ2) is 5.99. The number of likely N-dealkylation sites (tertiary alicyclic amines) is 1. The number of amides is 1. The van der Waals surface area contributed by atoms with Gasteiger partial charge >= 0.3 is 0 Å². The molecule has 7 heteroatoms. The van der Waals surface area contributed by atoms with Crippen molar-refractivity contribution >= 4 is 15.7 Å². The van der Waals surface area contributed by atoms with Gasteiger partial charge in [0.2, 0.25) is 0 Å². The molecule has 1 spiro atoms. The van der Waals surface area contributed by atoms with Gasteiger partial charge in [0.05, 0.1) is 12.4 Å². The van der Waals surface area contributed by atoms with Crippen molar-refractivity contribution in [2.75, 3.05) is 32.1 Å². The Morgan fingerprint density at radius 1 is 1.36 bits per heavy atom. The number of sulfone groups is 1. The predicted molar refractivity (Wildman–Crippen MR) is 92.3 cm³/mol. The van der Waals surface area contributed by atoms with Crippen LogP contribution in [0.1, 0.15) is 18.9 Å². The van der Waals surface area contributed by atoms with Crippen LogP contribution in [0.4, 0.5) is 0 Å². The summed E-state index contributed by atoms with van der Waals surface area (Å²) in [5.41, 5.74) is 1.03. The minimum absolute atomic E-state index is 0.0248. The van der Waals surface area contributed by atoms with Crippen molar-refractivity contribution in [1.29, 1.82) is 0 Å². The second-order valence-corrected chi connectivity index (χ2v) is 9.59. The number of fused-ring (bicyclic) bond motifs is 1. The Morgan fingerprint density at radius 3 is 2.84 bits per heavy atom. The number of carbonyl (C=O) groups is 1. The van der Waals surface area contributed by atoms with E-state index in [1.807, 2.05) is 31.2 Å². The number of benzene rings is 1. The predicted octanol–water partition coefficient (Wildman–Crippen LogP) is 1.04. The summed E-state index contributed by atoms with van der Waals surface area (Å²) in [6.45, 7) is 3.46. The quantitative estimate of drug-likeness (QED) is 0.797. The van der Waals surface area contributed by atoms with Crippen molar-refractivity contribution in [2.24, 2.45) is 5.92 Å². The second-order valence-electron chi connectivity index (χ2n) is 7.14. The molecule has 0 radical (unpaired) electrons. The molecule has 2 saturated heterocycles. The fourth-order valence-corrected chi connectivity index (χ4v) is 6.65. The Labute approximate surface area is 148 Å². The van der Waals surface area contributed by atoms with Gasteiger partial charge < -0.3 is 14.4 Å². The van der Waals surface area contributed by atoms with Crippen LogP contribution in [-0.2, 0) is 25.8 Å². The van der Waals surface area contributed by atoms with Gasteiger partial charge in [0.25, 0.3) is 5.91 Å². The molecule has 136 valence electrons. The summed E-state index contributed by atoms with van der Waals surface area (Å²) in [6, 6.07) is 7.63. The summed E-state index contributed by atoms with van der Waals surface area (Å²) in [4.78, 5) is 14.4. The highest BCUT2D eigenvalue weighted by Crippen LogP contribution is 2.45. The SMILES string of the molecule is CCOC[C@@H]1CCS(=O)(=O)C12CN(C(=O)[C@H]1Cc3ccccc3O1)C2. The topological polar surface area (TPSA) is 72.9 Å². The molecule has 0 bridgehead atoms. The van der Waals surface area contributed by atoms with E-state index in [4.69, 9.17) is 9.47 Å². The summed E-state index contributed by atoms with van der Waals surface area (Å²) in [5.74, 6) is 0.805. The highest BCUT2D eigenvalue weighted by atomic mass is 32.2. The third-order valence-electron chi connectivity index (χ3n) is 5.77. The normalized spacial score (nSPS) is 28.4. The molecule has 25 heavy (non-hydrogen) atoms. The van der Waals surface area contributed by atoms with E-state index < -0.39 is 20.7 Å². The van der Waals surface area contributed by atoms with Crippen LogP contribution in [0.5, 0.6) is 5.75 Å². The first-order valence-corrected chi connectivity index (χ1v) is 10.5. The Kier molecular flexibility index (Phi) is 4.03. The number of nitrogens with zero attached hydrogens (tertiary/aromatic N) is 1. The lowest BCUT2D eigenvalue weighted by atomic mass is 9.83. The monoisotopic (exact) mass is 365 g/mol. The minimum Gasteiger partial charge on any atom is -0.480 e. The molecule has 0 aromatic heterocycles. The van der Waals surface area contributed by atoms with Gasteiger partial charge in [-0.15, -0.1) is 0 Å². The zero-order chi connectivity index (χ0) is 17.7. The molecule has 0 unspecified atom stereocenters. The van der Waals surface area contributed by atoms with Crippen molar-refractivity contribution in [3.05, 3.63) is 29.8 Å². The van der Waals surface area contributed by atoms with E-state index >= 15 is 0 Å². The fourth-order valence-electron chi connectivity index (χ4n) is 4.25. The largest absolute Gasteiger partial charge is 0.480 e. The average Bonchev–Trinajstić information content (AvgIpc) is 3.09. The van der Waals surface area contributed by atoms with E-state index in [-0.39, 0.29) is 30.7 Å². The van der Waals surface area contributed by atoms with Gasteiger partial charge in [0.15, 0.2) is 15.9 Å². The molecule has 4 rings (SSSR count). The first-order chi connectivity index (χ1) is 12.0. The molecule has 0 saturated carbocycles. The van der Waals surface area contributed by atoms with Gasteiger partial charge in [-0.2, -0.15) is 0 Å². The van der Waals surface area contributed by atoms with Gasteiger partial charge in [-0.3, -0.25) is 4.79 Å². The van der Waals surface area contributed by atoms with Gasteiger partial charge in [-0.05, 0) is 25.0 Å². The molecule has 1 aromatic rings. The molecule has 3 aliphatic rings. The molecule has 1 aromatic carbocycles. The van der Waals surface area contributed by atoms with E-state index in [0.717, 1.165) is 11.3 Å². The zero-order valence-electron chi connectivity index (χ0n) is 14.3. The maximum atomic E-state index is 12.7. The average molecular weight is 365 g/mol. The first kappa shape index (κ1) is 16.8. The Hall–Kier alpha value is -1.60. The molecule has 0 N–H and O–H groups in total. The van der Waals surface area contributed by atoms with Crippen molar-refractivity contribution in [3.8, 4) is 5.75 Å². The maximum absolute atomic E-state index is 12.7. The Morgan fingerprint density at radius 2 is 2.12 bits per heavy atom. The molecule has 2 atom stereocenters. The lowest BCUT2D eigenvalue weighted by molar-refractivity contribution is -0.144. The lowest BCUT2D eigenvalue weighted by Gasteiger charge is -2.50.